The van der Waals surface area contributed by atoms with Crippen molar-refractivity contribution in [3.63, 3.8) is 0 Å². The molecule has 0 saturated heterocycles. The van der Waals surface area contributed by atoms with Crippen LogP contribution in [-0.2, 0) is 22.6 Å². The SMILES string of the molecule is CCCn1c(=O)n(CC(=O)OCC#N)c2ccccc21. The molecular formula is C14H15N3O3. The first-order valence-electron chi connectivity index (χ1n) is 6.39. The van der Waals surface area contributed by atoms with Crippen molar-refractivity contribution in [1.82, 2.24) is 9.13 Å². The van der Waals surface area contributed by atoms with Gasteiger partial charge in [0.2, 0.25) is 0 Å². The molecule has 0 N–H and O–H groups in total. The van der Waals surface area contributed by atoms with E-state index >= 15 is 0 Å². The van der Waals surface area contributed by atoms with E-state index in [2.05, 4.69) is 0 Å². The monoisotopic (exact) mass is 273 g/mol. The number of para-hydroxylation sites is 2. The molecule has 1 aromatic carbocycles. The van der Waals surface area contributed by atoms with Crippen LogP contribution in [0.25, 0.3) is 11.0 Å². The fourth-order valence-electron chi connectivity index (χ4n) is 2.15. The number of hydrogen-bond acceptors (Lipinski definition) is 4. The molecule has 104 valence electrons. The molecule has 0 radical (unpaired) electrons. The van der Waals surface area contributed by atoms with Gasteiger partial charge in [-0.25, -0.2) is 4.79 Å². The molecular weight excluding hydrogens is 258 g/mol. The number of carbonyl (C=O) groups excluding carboxylic acids is 1. The van der Waals surface area contributed by atoms with Gasteiger partial charge in [0, 0.05) is 6.54 Å². The molecule has 2 aromatic rings. The van der Waals surface area contributed by atoms with Crippen LogP contribution >= 0.6 is 0 Å². The summed E-state index contributed by atoms with van der Waals surface area (Å²) in [5, 5.41) is 8.38. The Kier molecular flexibility index (Phi) is 4.20. The zero-order valence-corrected chi connectivity index (χ0v) is 11.2. The maximum atomic E-state index is 12.3. The number of fused-ring (bicyclic) bond motifs is 1. The molecule has 0 bridgehead atoms. The first-order valence-corrected chi connectivity index (χ1v) is 6.39. The number of ether oxygens (including phenoxy) is 1. The second kappa shape index (κ2) is 6.06. The van der Waals surface area contributed by atoms with Gasteiger partial charge in [-0.15, -0.1) is 0 Å². The predicted molar refractivity (Wildman–Crippen MR) is 73.1 cm³/mol. The highest BCUT2D eigenvalue weighted by Gasteiger charge is 2.15. The normalized spacial score (nSPS) is 10.4. The van der Waals surface area contributed by atoms with Gasteiger partial charge in [-0.3, -0.25) is 13.9 Å². The molecule has 0 unspecified atom stereocenters. The third-order valence-electron chi connectivity index (χ3n) is 2.96. The van der Waals surface area contributed by atoms with Gasteiger partial charge in [-0.05, 0) is 18.6 Å². The fourth-order valence-corrected chi connectivity index (χ4v) is 2.15. The molecule has 1 heterocycles. The summed E-state index contributed by atoms with van der Waals surface area (Å²) in [6, 6.07) is 9.04. The maximum absolute atomic E-state index is 12.3. The summed E-state index contributed by atoms with van der Waals surface area (Å²) in [5.74, 6) is -0.590. The Labute approximate surface area is 115 Å². The van der Waals surface area contributed by atoms with E-state index in [1.165, 1.54) is 4.57 Å². The molecule has 6 nitrogen and oxygen atoms in total. The number of rotatable bonds is 5. The summed E-state index contributed by atoms with van der Waals surface area (Å²) >= 11 is 0. The van der Waals surface area contributed by atoms with Crippen molar-refractivity contribution in [2.45, 2.75) is 26.4 Å². The number of carbonyl (C=O) groups is 1. The van der Waals surface area contributed by atoms with Crippen molar-refractivity contribution in [3.05, 3.63) is 34.7 Å². The third kappa shape index (κ3) is 2.57. The molecule has 2 rings (SSSR count). The first-order chi connectivity index (χ1) is 9.69. The summed E-state index contributed by atoms with van der Waals surface area (Å²) in [6.07, 6.45) is 0.826. The highest BCUT2D eigenvalue weighted by molar-refractivity contribution is 5.78. The van der Waals surface area contributed by atoms with Crippen LogP contribution in [0, 0.1) is 11.3 Å². The van der Waals surface area contributed by atoms with Crippen LogP contribution in [0.2, 0.25) is 0 Å². The molecule has 20 heavy (non-hydrogen) atoms. The Morgan fingerprint density at radius 3 is 2.55 bits per heavy atom. The lowest BCUT2D eigenvalue weighted by molar-refractivity contribution is -0.142. The number of benzene rings is 1. The number of aryl methyl sites for hydroxylation is 1. The Bertz CT molecular complexity index is 721. The lowest BCUT2D eigenvalue weighted by Crippen LogP contribution is -2.27. The van der Waals surface area contributed by atoms with Gasteiger partial charge in [-0.2, -0.15) is 5.26 Å². The Balaban J connectivity index is 2.43. The van der Waals surface area contributed by atoms with Crippen LogP contribution in [0.1, 0.15) is 13.3 Å². The van der Waals surface area contributed by atoms with E-state index in [9.17, 15) is 9.59 Å². The number of hydrogen-bond donors (Lipinski definition) is 0. The Morgan fingerprint density at radius 1 is 1.30 bits per heavy atom. The van der Waals surface area contributed by atoms with Gasteiger partial charge in [0.15, 0.2) is 6.61 Å². The van der Waals surface area contributed by atoms with E-state index in [1.54, 1.807) is 16.7 Å². The van der Waals surface area contributed by atoms with Crippen molar-refractivity contribution in [2.24, 2.45) is 0 Å². The topological polar surface area (TPSA) is 77.0 Å². The molecule has 0 aliphatic rings. The zero-order valence-electron chi connectivity index (χ0n) is 11.2. The van der Waals surface area contributed by atoms with Crippen LogP contribution in [0.5, 0.6) is 0 Å². The van der Waals surface area contributed by atoms with Gasteiger partial charge in [-0.1, -0.05) is 19.1 Å². The van der Waals surface area contributed by atoms with Gasteiger partial charge in [0.1, 0.15) is 12.6 Å². The van der Waals surface area contributed by atoms with Crippen molar-refractivity contribution in [3.8, 4) is 6.07 Å². The van der Waals surface area contributed by atoms with Crippen LogP contribution in [0.15, 0.2) is 29.1 Å². The van der Waals surface area contributed by atoms with Gasteiger partial charge in [0.05, 0.1) is 11.0 Å². The summed E-state index contributed by atoms with van der Waals surface area (Å²) in [7, 11) is 0. The standard InChI is InChI=1S/C14H15N3O3/c1-2-8-16-11-5-3-4-6-12(11)17(14(16)19)10-13(18)20-9-7-15/h3-6H,2,8-10H2,1H3. The number of imidazole rings is 1. The van der Waals surface area contributed by atoms with Crippen LogP contribution in [0.4, 0.5) is 0 Å². The summed E-state index contributed by atoms with van der Waals surface area (Å²) in [5.41, 5.74) is 1.26. The van der Waals surface area contributed by atoms with Crippen molar-refractivity contribution in [2.75, 3.05) is 6.61 Å². The second-order valence-electron chi connectivity index (χ2n) is 4.33. The molecule has 0 aliphatic heterocycles. The molecule has 0 aliphatic carbocycles. The molecule has 1 aromatic heterocycles. The fraction of sp³-hybridized carbons (Fsp3) is 0.357. The van der Waals surface area contributed by atoms with Crippen LogP contribution < -0.4 is 5.69 Å². The second-order valence-corrected chi connectivity index (χ2v) is 4.33. The summed E-state index contributed by atoms with van der Waals surface area (Å²) < 4.78 is 7.72. The van der Waals surface area contributed by atoms with E-state index in [0.717, 1.165) is 11.9 Å². The molecule has 0 fully saturated rings. The molecule has 0 amide bonds. The lowest BCUT2D eigenvalue weighted by Gasteiger charge is -2.02. The van der Waals surface area contributed by atoms with Crippen molar-refractivity contribution >= 4 is 17.0 Å². The van der Waals surface area contributed by atoms with Crippen LogP contribution in [-0.4, -0.2) is 21.7 Å². The van der Waals surface area contributed by atoms with Gasteiger partial charge < -0.3 is 4.74 Å². The van der Waals surface area contributed by atoms with E-state index in [-0.39, 0.29) is 18.8 Å². The number of nitrogens with zero attached hydrogens (tertiary/aromatic N) is 3. The minimum absolute atomic E-state index is 0.183. The van der Waals surface area contributed by atoms with E-state index in [0.29, 0.717) is 12.1 Å². The Morgan fingerprint density at radius 2 is 1.95 bits per heavy atom. The minimum atomic E-state index is -0.590. The third-order valence-corrected chi connectivity index (χ3v) is 2.96. The van der Waals surface area contributed by atoms with Gasteiger partial charge >= 0.3 is 11.7 Å². The number of nitriles is 1. The van der Waals surface area contributed by atoms with E-state index in [4.69, 9.17) is 10.00 Å². The highest BCUT2D eigenvalue weighted by Crippen LogP contribution is 2.13. The maximum Gasteiger partial charge on any atom is 0.329 e. The molecule has 0 atom stereocenters. The smallest absolute Gasteiger partial charge is 0.329 e. The number of esters is 1. The average molecular weight is 273 g/mol. The van der Waals surface area contributed by atoms with Crippen molar-refractivity contribution in [1.29, 1.82) is 5.26 Å². The Hall–Kier alpha value is -2.55. The minimum Gasteiger partial charge on any atom is -0.449 e. The summed E-state index contributed by atoms with van der Waals surface area (Å²) in [4.78, 5) is 23.9. The highest BCUT2D eigenvalue weighted by atomic mass is 16.5. The quantitative estimate of drug-likeness (QED) is 0.769. The largest absolute Gasteiger partial charge is 0.449 e. The zero-order chi connectivity index (χ0) is 14.5. The first kappa shape index (κ1) is 13.9. The van der Waals surface area contributed by atoms with Crippen LogP contribution in [0.3, 0.4) is 0 Å². The molecule has 0 spiro atoms. The van der Waals surface area contributed by atoms with E-state index < -0.39 is 5.97 Å². The molecule has 0 saturated carbocycles. The molecule has 6 heteroatoms. The lowest BCUT2D eigenvalue weighted by atomic mass is 10.3. The average Bonchev–Trinajstić information content (AvgIpc) is 2.71. The number of aromatic nitrogens is 2. The predicted octanol–water partition coefficient (Wildman–Crippen LogP) is 1.28. The van der Waals surface area contributed by atoms with E-state index in [1.807, 2.05) is 25.1 Å². The van der Waals surface area contributed by atoms with Gasteiger partial charge in [0.25, 0.3) is 0 Å². The summed E-state index contributed by atoms with van der Waals surface area (Å²) in [6.45, 7) is 2.10. The van der Waals surface area contributed by atoms with Crippen molar-refractivity contribution < 1.29 is 9.53 Å².